The van der Waals surface area contributed by atoms with Gasteiger partial charge in [-0.05, 0) is 75.5 Å². The van der Waals surface area contributed by atoms with E-state index in [-0.39, 0.29) is 28.8 Å². The van der Waals surface area contributed by atoms with Crippen LogP contribution in [0.1, 0.15) is 79.6 Å². The van der Waals surface area contributed by atoms with Crippen molar-refractivity contribution in [2.75, 3.05) is 13.7 Å². The highest BCUT2D eigenvalue weighted by molar-refractivity contribution is 6.38. The van der Waals surface area contributed by atoms with Crippen molar-refractivity contribution >= 4 is 23.4 Å². The Morgan fingerprint density at radius 1 is 1.19 bits per heavy atom. The Morgan fingerprint density at radius 2 is 1.97 bits per heavy atom. The fourth-order valence-electron chi connectivity index (χ4n) is 8.97. The molecule has 0 amide bonds. The van der Waals surface area contributed by atoms with Gasteiger partial charge in [0, 0.05) is 18.8 Å². The molecule has 0 saturated heterocycles. The second-order valence-corrected chi connectivity index (χ2v) is 11.9. The van der Waals surface area contributed by atoms with Crippen molar-refractivity contribution in [3.05, 3.63) is 11.6 Å². The molecule has 1 heterocycles. The molecule has 5 rings (SSSR count). The third kappa shape index (κ3) is 3.38. The zero-order chi connectivity index (χ0) is 25.9. The van der Waals surface area contributed by atoms with Gasteiger partial charge < -0.3 is 19.1 Å². The van der Waals surface area contributed by atoms with Gasteiger partial charge in [0.05, 0.1) is 12.5 Å². The van der Waals surface area contributed by atoms with Gasteiger partial charge in [0.2, 0.25) is 0 Å². The maximum absolute atomic E-state index is 12.9. The predicted molar refractivity (Wildman–Crippen MR) is 134 cm³/mol. The fourth-order valence-corrected chi connectivity index (χ4v) is 8.97. The number of carbonyl (C=O) groups is 2. The van der Waals surface area contributed by atoms with Crippen LogP contribution in [-0.4, -0.2) is 48.8 Å². The summed E-state index contributed by atoms with van der Waals surface area (Å²) >= 11 is 0. The van der Waals surface area contributed by atoms with Crippen molar-refractivity contribution in [1.29, 1.82) is 0 Å². The van der Waals surface area contributed by atoms with Crippen LogP contribution in [-0.2, 0) is 28.7 Å². The summed E-state index contributed by atoms with van der Waals surface area (Å²) in [5.41, 5.74) is 1.65. The average molecular weight is 501 g/mol. The lowest BCUT2D eigenvalue weighted by atomic mass is 9.46. The van der Waals surface area contributed by atoms with Crippen LogP contribution in [0.25, 0.3) is 0 Å². The Morgan fingerprint density at radius 3 is 2.67 bits per heavy atom. The van der Waals surface area contributed by atoms with Crippen LogP contribution in [0.5, 0.6) is 0 Å². The Balaban J connectivity index is 1.50. The van der Waals surface area contributed by atoms with Gasteiger partial charge in [0.15, 0.2) is 11.3 Å². The van der Waals surface area contributed by atoms with E-state index in [9.17, 15) is 9.59 Å². The third-order valence-electron chi connectivity index (χ3n) is 10.5. The van der Waals surface area contributed by atoms with Crippen LogP contribution in [0.3, 0.4) is 0 Å². The molecule has 8 nitrogen and oxygen atoms in total. The monoisotopic (exact) mass is 500 g/mol. The van der Waals surface area contributed by atoms with E-state index in [0.29, 0.717) is 30.1 Å². The van der Waals surface area contributed by atoms with E-state index in [1.54, 1.807) is 7.11 Å². The number of oxime groups is 2. The number of hydrogen-bond acceptors (Lipinski definition) is 8. The molecule has 8 heteroatoms. The second-order valence-electron chi connectivity index (χ2n) is 11.9. The molecule has 0 radical (unpaired) electrons. The molecule has 0 unspecified atom stereocenters. The van der Waals surface area contributed by atoms with Gasteiger partial charge in [0.1, 0.15) is 18.9 Å². The van der Waals surface area contributed by atoms with Crippen LogP contribution < -0.4 is 0 Å². The molecule has 5 aliphatic rings. The minimum atomic E-state index is -0.807. The highest BCUT2D eigenvalue weighted by Gasteiger charge is 2.74. The number of carbonyl (C=O) groups excluding carboxylic acids is 2. The quantitative estimate of drug-likeness (QED) is 0.232. The van der Waals surface area contributed by atoms with Crippen molar-refractivity contribution in [2.24, 2.45) is 44.8 Å². The summed E-state index contributed by atoms with van der Waals surface area (Å²) < 4.78 is 11.0. The average Bonchev–Trinajstić information content (AvgIpc) is 3.33. The molecule has 0 aromatic carbocycles. The van der Waals surface area contributed by atoms with E-state index in [1.807, 2.05) is 13.8 Å². The van der Waals surface area contributed by atoms with Crippen molar-refractivity contribution in [1.82, 2.24) is 0 Å². The normalized spacial score (nSPS) is 43.1. The first-order valence-electron chi connectivity index (χ1n) is 13.5. The van der Waals surface area contributed by atoms with Crippen LogP contribution in [0.15, 0.2) is 22.0 Å². The van der Waals surface area contributed by atoms with Gasteiger partial charge in [-0.25, -0.2) is 4.79 Å². The molecule has 36 heavy (non-hydrogen) atoms. The highest BCUT2D eigenvalue weighted by Crippen LogP contribution is 2.70. The Bertz CT molecular complexity index is 1040. The summed E-state index contributed by atoms with van der Waals surface area (Å²) in [7, 11) is 1.54. The lowest BCUT2D eigenvalue weighted by Crippen LogP contribution is -2.59. The van der Waals surface area contributed by atoms with E-state index in [4.69, 9.17) is 19.1 Å². The smallest absolute Gasteiger partial charge is 0.356 e. The third-order valence-corrected chi connectivity index (χ3v) is 10.5. The first kappa shape index (κ1) is 25.3. The molecule has 0 N–H and O–H groups in total. The molecule has 0 aromatic rings. The van der Waals surface area contributed by atoms with Gasteiger partial charge in [-0.1, -0.05) is 35.8 Å². The van der Waals surface area contributed by atoms with Crippen LogP contribution in [0.4, 0.5) is 0 Å². The van der Waals surface area contributed by atoms with Crippen LogP contribution in [0, 0.1) is 34.5 Å². The van der Waals surface area contributed by atoms with Crippen molar-refractivity contribution in [3.8, 4) is 0 Å². The zero-order valence-corrected chi connectivity index (χ0v) is 22.5. The zero-order valence-electron chi connectivity index (χ0n) is 22.5. The van der Waals surface area contributed by atoms with Gasteiger partial charge in [-0.15, -0.1) is 0 Å². The summed E-state index contributed by atoms with van der Waals surface area (Å²) in [5.74, 6) is 0.586. The molecule has 0 spiro atoms. The van der Waals surface area contributed by atoms with Crippen LogP contribution in [0.2, 0.25) is 0 Å². The molecular weight excluding hydrogens is 460 g/mol. The minimum Gasteiger partial charge on any atom is -0.462 e. The predicted octanol–water partition coefficient (Wildman–Crippen LogP) is 4.82. The molecule has 0 aromatic heterocycles. The molecule has 198 valence electrons. The Labute approximate surface area is 213 Å². The first-order chi connectivity index (χ1) is 17.1. The molecule has 0 bridgehead atoms. The van der Waals surface area contributed by atoms with Gasteiger partial charge in [0.25, 0.3) is 0 Å². The minimum absolute atomic E-state index is 0.00834. The SMILES string of the molecule is CCOC(=O)C1=NO[C@@]2(C(C)=NOC)[C@@H]1C[C@@H]1[C@H]3CC=C4C[C@@H](OC(C)=O)CC[C@]4(C)[C@@H]3CC[C@]12C. The summed E-state index contributed by atoms with van der Waals surface area (Å²) in [6.45, 7) is 10.3. The highest BCUT2D eigenvalue weighted by atomic mass is 16.7. The summed E-state index contributed by atoms with van der Waals surface area (Å²) in [6.07, 6.45) is 9.07. The number of rotatable bonds is 5. The summed E-state index contributed by atoms with van der Waals surface area (Å²) in [5, 5.41) is 8.66. The van der Waals surface area contributed by atoms with Gasteiger partial charge in [-0.2, -0.15) is 0 Å². The molecule has 8 atom stereocenters. The number of ether oxygens (including phenoxy) is 2. The van der Waals surface area contributed by atoms with Gasteiger partial charge >= 0.3 is 11.9 Å². The molecule has 3 fully saturated rings. The van der Waals surface area contributed by atoms with E-state index in [2.05, 4.69) is 30.2 Å². The number of hydrogen-bond donors (Lipinski definition) is 0. The maximum atomic E-state index is 12.9. The van der Waals surface area contributed by atoms with Gasteiger partial charge in [-0.3, -0.25) is 4.79 Å². The van der Waals surface area contributed by atoms with Crippen molar-refractivity contribution < 1.29 is 28.7 Å². The van der Waals surface area contributed by atoms with E-state index < -0.39 is 11.6 Å². The largest absolute Gasteiger partial charge is 0.462 e. The Hall–Kier alpha value is -2.38. The standard InChI is InChI=1S/C28H40N2O6/c1-7-34-25(32)24-23-15-22-20-9-8-18-14-19(35-17(3)31)10-12-26(18,4)21(20)11-13-27(22,5)28(23,36-30-24)16(2)29-33-6/h8,19-23H,7,9-15H2,1-6H3/t19-,20-,21+,22+,23+,26-,27+,28-/m0/s1. The lowest BCUT2D eigenvalue weighted by Gasteiger charge is -2.58. The summed E-state index contributed by atoms with van der Waals surface area (Å²) in [6, 6.07) is 0. The number of allylic oxidation sites excluding steroid dienone is 1. The second kappa shape index (κ2) is 8.88. The number of esters is 2. The van der Waals surface area contributed by atoms with E-state index in [1.165, 1.54) is 12.5 Å². The summed E-state index contributed by atoms with van der Waals surface area (Å²) in [4.78, 5) is 36.0. The lowest BCUT2D eigenvalue weighted by molar-refractivity contribution is -0.149. The number of fused-ring (bicyclic) bond motifs is 7. The Kier molecular flexibility index (Phi) is 6.23. The van der Waals surface area contributed by atoms with Crippen molar-refractivity contribution in [3.63, 3.8) is 0 Å². The van der Waals surface area contributed by atoms with E-state index in [0.717, 1.165) is 50.7 Å². The number of nitrogens with zero attached hydrogens (tertiary/aromatic N) is 2. The topological polar surface area (TPSA) is 95.8 Å². The molecule has 3 saturated carbocycles. The van der Waals surface area contributed by atoms with E-state index >= 15 is 0 Å². The first-order valence-corrected chi connectivity index (χ1v) is 13.5. The molecule has 4 aliphatic carbocycles. The van der Waals surface area contributed by atoms with Crippen molar-refractivity contribution in [2.45, 2.75) is 91.3 Å². The molecule has 1 aliphatic heterocycles. The van der Waals surface area contributed by atoms with Crippen LogP contribution >= 0.6 is 0 Å². The maximum Gasteiger partial charge on any atom is 0.356 e. The molecular formula is C28H40N2O6. The fraction of sp³-hybridized carbons (Fsp3) is 0.786.